The fourth-order valence-electron chi connectivity index (χ4n) is 2.44. The smallest absolute Gasteiger partial charge is 0.220 e. The first kappa shape index (κ1) is 15.5. The highest BCUT2D eigenvalue weighted by atomic mass is 16.1. The lowest BCUT2D eigenvalue weighted by atomic mass is 9.96. The molecule has 106 valence electrons. The van der Waals surface area contributed by atoms with Gasteiger partial charge < -0.3 is 10.2 Å². The minimum Gasteiger partial charge on any atom is -0.356 e. The molecule has 0 spiro atoms. The van der Waals surface area contributed by atoms with Crippen LogP contribution in [0.4, 0.5) is 0 Å². The Bertz CT molecular complexity index is 243. The molecular weight excluding hydrogens is 224 g/mol. The van der Waals surface area contributed by atoms with E-state index in [9.17, 15) is 4.79 Å². The highest BCUT2D eigenvalue weighted by molar-refractivity contribution is 5.75. The van der Waals surface area contributed by atoms with Gasteiger partial charge in [0.1, 0.15) is 0 Å². The number of hydrogen-bond donors (Lipinski definition) is 1. The molecule has 18 heavy (non-hydrogen) atoms. The predicted molar refractivity (Wildman–Crippen MR) is 76.5 cm³/mol. The van der Waals surface area contributed by atoms with E-state index in [0.29, 0.717) is 24.3 Å². The summed E-state index contributed by atoms with van der Waals surface area (Å²) in [5.74, 6) is 1.53. The fraction of sp³-hybridized carbons (Fsp3) is 0.933. The van der Waals surface area contributed by atoms with Gasteiger partial charge in [0.2, 0.25) is 5.91 Å². The van der Waals surface area contributed by atoms with Crippen molar-refractivity contribution < 1.29 is 4.79 Å². The first-order chi connectivity index (χ1) is 8.49. The van der Waals surface area contributed by atoms with Gasteiger partial charge in [-0.05, 0) is 58.0 Å². The number of likely N-dealkylation sites (tertiary alicyclic amines) is 1. The number of hydrogen-bond acceptors (Lipinski definition) is 2. The molecule has 0 unspecified atom stereocenters. The summed E-state index contributed by atoms with van der Waals surface area (Å²) in [6, 6.07) is 0.659. The maximum absolute atomic E-state index is 11.6. The van der Waals surface area contributed by atoms with Gasteiger partial charge in [-0.15, -0.1) is 0 Å². The highest BCUT2D eigenvalue weighted by Crippen LogP contribution is 2.18. The topological polar surface area (TPSA) is 32.3 Å². The molecule has 0 saturated carbocycles. The average Bonchev–Trinajstić information content (AvgIpc) is 2.34. The fourth-order valence-corrected chi connectivity index (χ4v) is 2.44. The van der Waals surface area contributed by atoms with Gasteiger partial charge >= 0.3 is 0 Å². The molecule has 0 aromatic carbocycles. The van der Waals surface area contributed by atoms with Crippen molar-refractivity contribution in [2.45, 2.75) is 59.4 Å². The van der Waals surface area contributed by atoms with Gasteiger partial charge in [0.15, 0.2) is 0 Å². The average molecular weight is 254 g/mol. The lowest BCUT2D eigenvalue weighted by Crippen LogP contribution is -2.41. The monoisotopic (exact) mass is 254 g/mol. The zero-order valence-electron chi connectivity index (χ0n) is 12.5. The van der Waals surface area contributed by atoms with E-state index in [2.05, 4.69) is 37.9 Å². The lowest BCUT2D eigenvalue weighted by molar-refractivity contribution is -0.121. The molecule has 0 radical (unpaired) electrons. The predicted octanol–water partition coefficient (Wildman–Crippen LogP) is 2.66. The summed E-state index contributed by atoms with van der Waals surface area (Å²) in [6.07, 6.45) is 4.13. The van der Waals surface area contributed by atoms with Crippen LogP contribution in [-0.4, -0.2) is 36.5 Å². The summed E-state index contributed by atoms with van der Waals surface area (Å²) in [4.78, 5) is 14.2. The van der Waals surface area contributed by atoms with Crippen LogP contribution in [0.1, 0.15) is 53.4 Å². The second-order valence-corrected chi connectivity index (χ2v) is 6.31. The van der Waals surface area contributed by atoms with E-state index in [-0.39, 0.29) is 5.91 Å². The van der Waals surface area contributed by atoms with Crippen molar-refractivity contribution in [1.82, 2.24) is 10.2 Å². The first-order valence-corrected chi connectivity index (χ1v) is 7.49. The highest BCUT2D eigenvalue weighted by Gasteiger charge is 2.20. The van der Waals surface area contributed by atoms with Crippen molar-refractivity contribution in [1.29, 1.82) is 0 Å². The van der Waals surface area contributed by atoms with Crippen molar-refractivity contribution in [2.24, 2.45) is 11.8 Å². The van der Waals surface area contributed by atoms with Gasteiger partial charge in [0.25, 0.3) is 0 Å². The van der Waals surface area contributed by atoms with E-state index in [1.807, 2.05) is 0 Å². The summed E-state index contributed by atoms with van der Waals surface area (Å²) in [6.45, 7) is 12.1. The standard InChI is InChI=1S/C15H30N2O/c1-12(2)5-6-15(18)16-11-14-7-9-17(10-8-14)13(3)4/h12-14H,5-11H2,1-4H3,(H,16,18). The van der Waals surface area contributed by atoms with Crippen molar-refractivity contribution >= 4 is 5.91 Å². The molecule has 1 aliphatic rings. The quantitative estimate of drug-likeness (QED) is 0.790. The third-order valence-electron chi connectivity index (χ3n) is 3.92. The Kier molecular flexibility index (Phi) is 6.69. The van der Waals surface area contributed by atoms with Crippen LogP contribution in [0.3, 0.4) is 0 Å². The van der Waals surface area contributed by atoms with Crippen molar-refractivity contribution in [3.8, 4) is 0 Å². The molecule has 1 rings (SSSR count). The molecule has 0 aromatic rings. The van der Waals surface area contributed by atoms with E-state index in [1.165, 1.54) is 25.9 Å². The molecular formula is C15H30N2O. The van der Waals surface area contributed by atoms with Crippen molar-refractivity contribution in [2.75, 3.05) is 19.6 Å². The normalized spacial score (nSPS) is 18.6. The van der Waals surface area contributed by atoms with E-state index in [0.717, 1.165) is 13.0 Å². The molecule has 0 bridgehead atoms. The van der Waals surface area contributed by atoms with Crippen LogP contribution in [0, 0.1) is 11.8 Å². The second-order valence-electron chi connectivity index (χ2n) is 6.31. The Morgan fingerprint density at radius 3 is 2.33 bits per heavy atom. The van der Waals surface area contributed by atoms with Crippen LogP contribution >= 0.6 is 0 Å². The summed E-state index contributed by atoms with van der Waals surface area (Å²) in [5.41, 5.74) is 0. The largest absolute Gasteiger partial charge is 0.356 e. The minimum absolute atomic E-state index is 0.231. The molecule has 1 heterocycles. The maximum Gasteiger partial charge on any atom is 0.220 e. The molecule has 0 atom stereocenters. The molecule has 1 N–H and O–H groups in total. The Morgan fingerprint density at radius 2 is 1.83 bits per heavy atom. The lowest BCUT2D eigenvalue weighted by Gasteiger charge is -2.34. The number of carbonyl (C=O) groups is 1. The van der Waals surface area contributed by atoms with Gasteiger partial charge in [-0.1, -0.05) is 13.8 Å². The number of carbonyl (C=O) groups excluding carboxylic acids is 1. The van der Waals surface area contributed by atoms with E-state index < -0.39 is 0 Å². The molecule has 1 aliphatic heterocycles. The molecule has 3 nitrogen and oxygen atoms in total. The maximum atomic E-state index is 11.6. The second kappa shape index (κ2) is 7.78. The van der Waals surface area contributed by atoms with Crippen molar-refractivity contribution in [3.05, 3.63) is 0 Å². The van der Waals surface area contributed by atoms with Crippen LogP contribution in [0.2, 0.25) is 0 Å². The third-order valence-corrected chi connectivity index (χ3v) is 3.92. The van der Waals surface area contributed by atoms with Crippen molar-refractivity contribution in [3.63, 3.8) is 0 Å². The SMILES string of the molecule is CC(C)CCC(=O)NCC1CCN(C(C)C)CC1. The van der Waals surface area contributed by atoms with Gasteiger partial charge in [0.05, 0.1) is 0 Å². The summed E-state index contributed by atoms with van der Waals surface area (Å²) in [7, 11) is 0. The van der Waals surface area contributed by atoms with Crippen LogP contribution in [0.25, 0.3) is 0 Å². The molecule has 1 fully saturated rings. The number of piperidine rings is 1. The van der Waals surface area contributed by atoms with Gasteiger partial charge in [-0.25, -0.2) is 0 Å². The van der Waals surface area contributed by atoms with Gasteiger partial charge in [-0.3, -0.25) is 4.79 Å². The van der Waals surface area contributed by atoms with Crippen LogP contribution in [0.15, 0.2) is 0 Å². The van der Waals surface area contributed by atoms with E-state index in [1.54, 1.807) is 0 Å². The molecule has 0 aromatic heterocycles. The molecule has 0 aliphatic carbocycles. The number of amides is 1. The zero-order valence-corrected chi connectivity index (χ0v) is 12.5. The van der Waals surface area contributed by atoms with Crippen LogP contribution < -0.4 is 5.32 Å². The molecule has 3 heteroatoms. The third kappa shape index (κ3) is 5.85. The molecule has 1 amide bonds. The summed E-state index contributed by atoms with van der Waals surface area (Å²) < 4.78 is 0. The minimum atomic E-state index is 0.231. The van der Waals surface area contributed by atoms with E-state index >= 15 is 0 Å². The number of rotatable bonds is 6. The number of nitrogens with one attached hydrogen (secondary N) is 1. The number of nitrogens with zero attached hydrogens (tertiary/aromatic N) is 1. The zero-order chi connectivity index (χ0) is 13.5. The van der Waals surface area contributed by atoms with Gasteiger partial charge in [-0.2, -0.15) is 0 Å². The summed E-state index contributed by atoms with van der Waals surface area (Å²) in [5, 5.41) is 3.09. The molecule has 1 saturated heterocycles. The first-order valence-electron chi connectivity index (χ1n) is 7.49. The van der Waals surface area contributed by atoms with E-state index in [4.69, 9.17) is 0 Å². The van der Waals surface area contributed by atoms with Crippen LogP contribution in [-0.2, 0) is 4.79 Å². The Labute approximate surface area is 112 Å². The Morgan fingerprint density at radius 1 is 1.22 bits per heavy atom. The van der Waals surface area contributed by atoms with Gasteiger partial charge in [0, 0.05) is 19.0 Å². The Hall–Kier alpha value is -0.570. The Balaban J connectivity index is 2.12. The van der Waals surface area contributed by atoms with Crippen LogP contribution in [0.5, 0.6) is 0 Å². The summed E-state index contributed by atoms with van der Waals surface area (Å²) >= 11 is 0.